The van der Waals surface area contributed by atoms with Crippen molar-refractivity contribution in [3.05, 3.63) is 71.2 Å². The number of allylic oxidation sites excluding steroid dienone is 5. The standard InChI is InChI=1S/C15H12/c1-2-11-12-7-3-5-9-14(12)15-10-6-4-8-13(11)15/h2-3,5-10H,1,4H2. The summed E-state index contributed by atoms with van der Waals surface area (Å²) < 4.78 is 0. The van der Waals surface area contributed by atoms with Gasteiger partial charge in [-0.25, -0.2) is 0 Å². The molecule has 0 aromatic heterocycles. The predicted octanol–water partition coefficient (Wildman–Crippen LogP) is 2.07. The largest absolute Gasteiger partial charge is 0.0984 e. The Morgan fingerprint density at radius 1 is 1.13 bits per heavy atom. The van der Waals surface area contributed by atoms with E-state index in [2.05, 4.69) is 49.1 Å². The van der Waals surface area contributed by atoms with E-state index in [9.17, 15) is 0 Å². The van der Waals surface area contributed by atoms with Crippen molar-refractivity contribution in [2.24, 2.45) is 0 Å². The average molecular weight is 192 g/mol. The number of benzene rings is 1. The van der Waals surface area contributed by atoms with Crippen LogP contribution >= 0.6 is 0 Å². The number of hydrogen-bond donors (Lipinski definition) is 0. The summed E-state index contributed by atoms with van der Waals surface area (Å²) in [5.41, 5.74) is 3.99. The van der Waals surface area contributed by atoms with Gasteiger partial charge in [0.15, 0.2) is 0 Å². The summed E-state index contributed by atoms with van der Waals surface area (Å²) in [6.45, 7) is 3.92. The zero-order valence-electron chi connectivity index (χ0n) is 8.53. The van der Waals surface area contributed by atoms with Crippen molar-refractivity contribution >= 4 is 11.1 Å². The second-order valence-corrected chi connectivity index (χ2v) is 3.83. The summed E-state index contributed by atoms with van der Waals surface area (Å²) in [6.07, 6.45) is 9.72. The summed E-state index contributed by atoms with van der Waals surface area (Å²) in [6, 6.07) is 8.54. The maximum Gasteiger partial charge on any atom is -0.00992 e. The first-order valence-corrected chi connectivity index (χ1v) is 5.25. The first kappa shape index (κ1) is 8.49. The molecular formula is C15H12. The summed E-state index contributed by atoms with van der Waals surface area (Å²) in [4.78, 5) is 0. The molecule has 0 fully saturated rings. The second kappa shape index (κ2) is 3.09. The average Bonchev–Trinajstić information content (AvgIpc) is 2.63. The van der Waals surface area contributed by atoms with E-state index in [1.165, 1.54) is 27.2 Å². The third kappa shape index (κ3) is 1.08. The van der Waals surface area contributed by atoms with Crippen molar-refractivity contribution in [1.82, 2.24) is 0 Å². The van der Waals surface area contributed by atoms with Gasteiger partial charge >= 0.3 is 0 Å². The fraction of sp³-hybridized carbons (Fsp3) is 0.0667. The van der Waals surface area contributed by atoms with E-state index in [-0.39, 0.29) is 0 Å². The zero-order valence-corrected chi connectivity index (χ0v) is 8.53. The predicted molar refractivity (Wildman–Crippen MR) is 64.5 cm³/mol. The van der Waals surface area contributed by atoms with E-state index in [1.807, 2.05) is 6.08 Å². The first-order chi connectivity index (χ1) is 7.42. The SMILES string of the molecule is C=CC1=c2ccccc2=C2C=CCC=C12. The van der Waals surface area contributed by atoms with Crippen LogP contribution in [-0.4, -0.2) is 0 Å². The molecule has 0 heteroatoms. The van der Waals surface area contributed by atoms with Gasteiger partial charge in [-0.3, -0.25) is 0 Å². The van der Waals surface area contributed by atoms with Gasteiger partial charge in [0.25, 0.3) is 0 Å². The molecule has 0 atom stereocenters. The van der Waals surface area contributed by atoms with Crippen molar-refractivity contribution < 1.29 is 0 Å². The quantitative estimate of drug-likeness (QED) is 0.639. The van der Waals surface area contributed by atoms with Crippen LogP contribution in [0.2, 0.25) is 0 Å². The van der Waals surface area contributed by atoms with Gasteiger partial charge in [0.1, 0.15) is 0 Å². The number of fused-ring (bicyclic) bond motifs is 2. The molecule has 0 aliphatic heterocycles. The molecule has 1 aromatic rings. The molecule has 0 heterocycles. The van der Waals surface area contributed by atoms with Crippen LogP contribution in [0.3, 0.4) is 0 Å². The Morgan fingerprint density at radius 3 is 2.73 bits per heavy atom. The molecule has 2 aliphatic carbocycles. The lowest BCUT2D eigenvalue weighted by Gasteiger charge is -2.07. The minimum atomic E-state index is 1.03. The monoisotopic (exact) mass is 192 g/mol. The Bertz CT molecular complexity index is 573. The molecule has 0 N–H and O–H groups in total. The maximum atomic E-state index is 3.92. The van der Waals surface area contributed by atoms with Gasteiger partial charge in [0.05, 0.1) is 0 Å². The van der Waals surface area contributed by atoms with Crippen LogP contribution < -0.4 is 10.4 Å². The van der Waals surface area contributed by atoms with Crippen molar-refractivity contribution in [3.63, 3.8) is 0 Å². The Labute approximate surface area is 89.3 Å². The Kier molecular flexibility index (Phi) is 1.75. The van der Waals surface area contributed by atoms with E-state index in [0.717, 1.165) is 6.42 Å². The molecule has 2 aliphatic rings. The smallest absolute Gasteiger partial charge is 0.00992 e. The lowest BCUT2D eigenvalue weighted by Crippen LogP contribution is -2.22. The minimum Gasteiger partial charge on any atom is -0.0984 e. The van der Waals surface area contributed by atoms with Gasteiger partial charge in [0, 0.05) is 0 Å². The first-order valence-electron chi connectivity index (χ1n) is 5.25. The van der Waals surface area contributed by atoms with E-state index < -0.39 is 0 Å². The van der Waals surface area contributed by atoms with Gasteiger partial charge in [0.2, 0.25) is 0 Å². The van der Waals surface area contributed by atoms with E-state index in [1.54, 1.807) is 0 Å². The molecule has 0 bridgehead atoms. The Morgan fingerprint density at radius 2 is 1.93 bits per heavy atom. The molecule has 0 nitrogen and oxygen atoms in total. The van der Waals surface area contributed by atoms with Gasteiger partial charge in [-0.2, -0.15) is 0 Å². The van der Waals surface area contributed by atoms with E-state index >= 15 is 0 Å². The highest BCUT2D eigenvalue weighted by atomic mass is 14.2. The highest BCUT2D eigenvalue weighted by Gasteiger charge is 2.16. The highest BCUT2D eigenvalue weighted by Crippen LogP contribution is 2.28. The summed E-state index contributed by atoms with van der Waals surface area (Å²) in [5.74, 6) is 0. The molecule has 0 saturated carbocycles. The molecule has 0 spiro atoms. The fourth-order valence-corrected chi connectivity index (χ4v) is 2.38. The summed E-state index contributed by atoms with van der Waals surface area (Å²) in [5, 5.41) is 2.66. The molecule has 15 heavy (non-hydrogen) atoms. The highest BCUT2D eigenvalue weighted by molar-refractivity contribution is 5.97. The summed E-state index contributed by atoms with van der Waals surface area (Å²) in [7, 11) is 0. The van der Waals surface area contributed by atoms with Crippen LogP contribution in [0.1, 0.15) is 6.42 Å². The lowest BCUT2D eigenvalue weighted by atomic mass is 9.97. The van der Waals surface area contributed by atoms with Crippen LogP contribution in [0.4, 0.5) is 0 Å². The van der Waals surface area contributed by atoms with Gasteiger partial charge < -0.3 is 0 Å². The van der Waals surface area contributed by atoms with E-state index in [4.69, 9.17) is 0 Å². The van der Waals surface area contributed by atoms with Crippen LogP contribution in [0.15, 0.2) is 60.7 Å². The fourth-order valence-electron chi connectivity index (χ4n) is 2.38. The normalized spacial score (nSPS) is 17.2. The number of rotatable bonds is 1. The molecule has 0 radical (unpaired) electrons. The van der Waals surface area contributed by atoms with Gasteiger partial charge in [-0.1, -0.05) is 55.1 Å². The maximum absolute atomic E-state index is 3.92. The van der Waals surface area contributed by atoms with Gasteiger partial charge in [-0.15, -0.1) is 0 Å². The van der Waals surface area contributed by atoms with Crippen LogP contribution in [-0.2, 0) is 0 Å². The topological polar surface area (TPSA) is 0 Å². The minimum absolute atomic E-state index is 1.03. The van der Waals surface area contributed by atoms with Crippen molar-refractivity contribution in [1.29, 1.82) is 0 Å². The van der Waals surface area contributed by atoms with Crippen molar-refractivity contribution in [3.8, 4) is 0 Å². The Hall–Kier alpha value is -1.82. The number of hydrogen-bond acceptors (Lipinski definition) is 0. The molecule has 0 amide bonds. The van der Waals surface area contributed by atoms with Crippen LogP contribution in [0.25, 0.3) is 11.1 Å². The summed E-state index contributed by atoms with van der Waals surface area (Å²) >= 11 is 0. The molecule has 0 saturated heterocycles. The molecule has 3 rings (SSSR count). The second-order valence-electron chi connectivity index (χ2n) is 3.83. The van der Waals surface area contributed by atoms with Gasteiger partial charge in [-0.05, 0) is 33.6 Å². The molecule has 0 unspecified atom stereocenters. The molecular weight excluding hydrogens is 180 g/mol. The zero-order chi connectivity index (χ0) is 10.3. The van der Waals surface area contributed by atoms with Crippen molar-refractivity contribution in [2.45, 2.75) is 6.42 Å². The lowest BCUT2D eigenvalue weighted by molar-refractivity contribution is 1.35. The van der Waals surface area contributed by atoms with E-state index in [0.29, 0.717) is 0 Å². The van der Waals surface area contributed by atoms with Crippen LogP contribution in [0, 0.1) is 0 Å². The molecule has 72 valence electrons. The molecule has 1 aromatic carbocycles. The third-order valence-electron chi connectivity index (χ3n) is 3.03. The van der Waals surface area contributed by atoms with Crippen molar-refractivity contribution in [2.75, 3.05) is 0 Å². The van der Waals surface area contributed by atoms with Crippen LogP contribution in [0.5, 0.6) is 0 Å². The third-order valence-corrected chi connectivity index (χ3v) is 3.03. The Balaban J connectivity index is 2.54.